The molecule has 47 heavy (non-hydrogen) atoms. The van der Waals surface area contributed by atoms with E-state index in [0.717, 1.165) is 25.9 Å². The topological polar surface area (TPSA) is 6.48 Å². The van der Waals surface area contributed by atoms with Crippen LogP contribution in [0.1, 0.15) is 185 Å². The van der Waals surface area contributed by atoms with Gasteiger partial charge in [-0.25, -0.2) is 0 Å². The highest BCUT2D eigenvalue weighted by Crippen LogP contribution is 2.45. The molecule has 264 valence electrons. The minimum atomic E-state index is -0.0591. The fraction of sp³-hybridized carbons (Fsp3) is 0.689. The third-order valence-corrected chi connectivity index (χ3v) is 10.9. The molecule has 2 aromatic carbocycles. The molecule has 0 saturated carbocycles. The maximum absolute atomic E-state index is 2.78. The zero-order chi connectivity index (χ0) is 33.3. The summed E-state index contributed by atoms with van der Waals surface area (Å²) in [5.41, 5.74) is 2.88. The van der Waals surface area contributed by atoms with E-state index in [0.29, 0.717) is 5.92 Å². The van der Waals surface area contributed by atoms with Crippen LogP contribution in [0, 0.1) is 0 Å². The first-order valence-electron chi connectivity index (χ1n) is 20.6. The van der Waals surface area contributed by atoms with E-state index in [9.17, 15) is 0 Å². The van der Waals surface area contributed by atoms with Crippen LogP contribution in [-0.2, 0) is 6.42 Å². The summed E-state index contributed by atoms with van der Waals surface area (Å²) in [7, 11) is 0. The first-order chi connectivity index (χ1) is 23.3. The van der Waals surface area contributed by atoms with Gasteiger partial charge in [0, 0.05) is 37.8 Å². The summed E-state index contributed by atoms with van der Waals surface area (Å²) >= 11 is 0. The summed E-state index contributed by atoms with van der Waals surface area (Å²) < 4.78 is 0. The highest BCUT2D eigenvalue weighted by molar-refractivity contribution is 5.30. The van der Waals surface area contributed by atoms with Gasteiger partial charge in [0.25, 0.3) is 0 Å². The SMILES string of the molecule is CCCCCCCCCCCCCCCCCCN1C=CN(CCCCCCCC)C1(Cc1ccccc1)C(CC)c1ccccc1. The van der Waals surface area contributed by atoms with Crippen LogP contribution in [0.2, 0.25) is 0 Å². The van der Waals surface area contributed by atoms with Crippen LogP contribution in [0.4, 0.5) is 0 Å². The molecule has 2 atom stereocenters. The van der Waals surface area contributed by atoms with Gasteiger partial charge in [-0.2, -0.15) is 0 Å². The summed E-state index contributed by atoms with van der Waals surface area (Å²) in [6.45, 7) is 9.34. The Labute approximate surface area is 292 Å². The van der Waals surface area contributed by atoms with Crippen molar-refractivity contribution in [2.24, 2.45) is 0 Å². The van der Waals surface area contributed by atoms with E-state index in [1.807, 2.05) is 0 Å². The van der Waals surface area contributed by atoms with Gasteiger partial charge >= 0.3 is 0 Å². The third-order valence-electron chi connectivity index (χ3n) is 10.9. The number of rotatable bonds is 29. The molecule has 0 fully saturated rings. The van der Waals surface area contributed by atoms with Crippen molar-refractivity contribution in [3.8, 4) is 0 Å². The van der Waals surface area contributed by atoms with Gasteiger partial charge in [0.15, 0.2) is 0 Å². The van der Waals surface area contributed by atoms with E-state index in [-0.39, 0.29) is 5.66 Å². The Morgan fingerprint density at radius 2 is 0.809 bits per heavy atom. The number of hydrogen-bond acceptors (Lipinski definition) is 2. The molecular formula is C45H74N2. The van der Waals surface area contributed by atoms with Crippen molar-refractivity contribution in [2.45, 2.75) is 186 Å². The van der Waals surface area contributed by atoms with Gasteiger partial charge in [-0.05, 0) is 30.4 Å². The van der Waals surface area contributed by atoms with E-state index < -0.39 is 0 Å². The molecule has 2 aromatic rings. The average Bonchev–Trinajstić information content (AvgIpc) is 3.43. The summed E-state index contributed by atoms with van der Waals surface area (Å²) in [6, 6.07) is 22.8. The first kappa shape index (κ1) is 39.2. The van der Waals surface area contributed by atoms with Crippen LogP contribution in [0.3, 0.4) is 0 Å². The predicted octanol–water partition coefficient (Wildman–Crippen LogP) is 13.8. The third kappa shape index (κ3) is 14.0. The van der Waals surface area contributed by atoms with Gasteiger partial charge in [-0.1, -0.05) is 210 Å². The number of benzene rings is 2. The Bertz CT molecular complexity index is 1020. The average molecular weight is 643 g/mol. The maximum atomic E-state index is 2.78. The van der Waals surface area contributed by atoms with Crippen LogP contribution < -0.4 is 0 Å². The molecule has 1 aliphatic heterocycles. The van der Waals surface area contributed by atoms with Gasteiger partial charge in [0.2, 0.25) is 0 Å². The molecule has 0 bridgehead atoms. The lowest BCUT2D eigenvalue weighted by molar-refractivity contribution is -0.00378. The Morgan fingerprint density at radius 3 is 1.19 bits per heavy atom. The molecule has 1 heterocycles. The van der Waals surface area contributed by atoms with Crippen LogP contribution in [0.25, 0.3) is 0 Å². The second-order valence-electron chi connectivity index (χ2n) is 14.7. The summed E-state index contributed by atoms with van der Waals surface area (Å²) in [5.74, 6) is 0.444. The van der Waals surface area contributed by atoms with Gasteiger partial charge in [0.1, 0.15) is 5.66 Å². The molecular weight excluding hydrogens is 569 g/mol. The van der Waals surface area contributed by atoms with Gasteiger partial charge in [-0.3, -0.25) is 0 Å². The monoisotopic (exact) mass is 643 g/mol. The van der Waals surface area contributed by atoms with E-state index in [2.05, 4.69) is 104 Å². The normalized spacial score (nSPS) is 16.7. The molecule has 0 spiro atoms. The lowest BCUT2D eigenvalue weighted by atomic mass is 9.78. The number of unbranched alkanes of at least 4 members (excludes halogenated alkanes) is 20. The molecule has 1 aliphatic rings. The Kier molecular flexibility index (Phi) is 20.7. The van der Waals surface area contributed by atoms with Crippen LogP contribution >= 0.6 is 0 Å². The minimum absolute atomic E-state index is 0.0591. The van der Waals surface area contributed by atoms with Crippen molar-refractivity contribution in [1.82, 2.24) is 9.80 Å². The van der Waals surface area contributed by atoms with Crippen LogP contribution in [0.15, 0.2) is 73.1 Å². The predicted molar refractivity (Wildman–Crippen MR) is 208 cm³/mol. The van der Waals surface area contributed by atoms with Crippen molar-refractivity contribution >= 4 is 0 Å². The minimum Gasteiger partial charge on any atom is -0.353 e. The molecule has 0 N–H and O–H groups in total. The molecule has 2 unspecified atom stereocenters. The fourth-order valence-corrected chi connectivity index (χ4v) is 8.15. The smallest absolute Gasteiger partial charge is 0.123 e. The van der Waals surface area contributed by atoms with E-state index >= 15 is 0 Å². The molecule has 0 saturated heterocycles. The molecule has 3 rings (SSSR count). The molecule has 0 aliphatic carbocycles. The zero-order valence-corrected chi connectivity index (χ0v) is 31.3. The van der Waals surface area contributed by atoms with Crippen molar-refractivity contribution in [3.05, 3.63) is 84.2 Å². The first-order valence-corrected chi connectivity index (χ1v) is 20.6. The lowest BCUT2D eigenvalue weighted by Crippen LogP contribution is -2.59. The van der Waals surface area contributed by atoms with Gasteiger partial charge < -0.3 is 9.80 Å². The quantitative estimate of drug-likeness (QED) is 0.0815. The Balaban J connectivity index is 1.53. The maximum Gasteiger partial charge on any atom is 0.123 e. The highest BCUT2D eigenvalue weighted by atomic mass is 15.4. The molecule has 2 nitrogen and oxygen atoms in total. The van der Waals surface area contributed by atoms with Crippen LogP contribution in [0.5, 0.6) is 0 Å². The summed E-state index contributed by atoms with van der Waals surface area (Å²) in [5, 5.41) is 0. The number of nitrogens with zero attached hydrogens (tertiary/aromatic N) is 2. The van der Waals surface area contributed by atoms with E-state index in [1.54, 1.807) is 0 Å². The molecule has 2 heteroatoms. The highest BCUT2D eigenvalue weighted by Gasteiger charge is 2.49. The standard InChI is InChI=1S/C45H74N2/c1-4-7-9-11-13-14-15-16-17-18-19-20-21-22-24-32-38-47-40-39-46(37-31-23-12-10-8-5-2)45(47,41-42-33-27-25-28-34-42)44(6-3)43-35-29-26-30-36-43/h25-30,33-36,39-40,44H,4-24,31-32,37-38,41H2,1-3H3. The van der Waals surface area contributed by atoms with Crippen molar-refractivity contribution in [2.75, 3.05) is 13.1 Å². The molecule has 0 radical (unpaired) electrons. The summed E-state index contributed by atoms with van der Waals surface area (Å²) in [6.07, 6.45) is 37.9. The largest absolute Gasteiger partial charge is 0.353 e. The van der Waals surface area contributed by atoms with Crippen LogP contribution in [-0.4, -0.2) is 28.6 Å². The second kappa shape index (κ2) is 24.9. The zero-order valence-electron chi connectivity index (χ0n) is 31.3. The van der Waals surface area contributed by atoms with Crippen molar-refractivity contribution < 1.29 is 0 Å². The molecule has 0 aromatic heterocycles. The second-order valence-corrected chi connectivity index (χ2v) is 14.7. The van der Waals surface area contributed by atoms with Gasteiger partial charge in [0.05, 0.1) is 0 Å². The lowest BCUT2D eigenvalue weighted by Gasteiger charge is -2.51. The Morgan fingerprint density at radius 1 is 0.447 bits per heavy atom. The Hall–Kier alpha value is -2.22. The van der Waals surface area contributed by atoms with Gasteiger partial charge in [-0.15, -0.1) is 0 Å². The van der Waals surface area contributed by atoms with Crippen molar-refractivity contribution in [3.63, 3.8) is 0 Å². The van der Waals surface area contributed by atoms with E-state index in [1.165, 1.54) is 152 Å². The molecule has 0 amide bonds. The fourth-order valence-electron chi connectivity index (χ4n) is 8.15. The van der Waals surface area contributed by atoms with E-state index in [4.69, 9.17) is 0 Å². The summed E-state index contributed by atoms with van der Waals surface area (Å²) in [4.78, 5) is 5.55. The van der Waals surface area contributed by atoms with Crippen molar-refractivity contribution in [1.29, 1.82) is 0 Å². The number of hydrogen-bond donors (Lipinski definition) is 0.